The van der Waals surface area contributed by atoms with Gasteiger partial charge < -0.3 is 0 Å². The van der Waals surface area contributed by atoms with E-state index in [1.807, 2.05) is 0 Å². The molecule has 0 saturated carbocycles. The van der Waals surface area contributed by atoms with Gasteiger partial charge in [0, 0.05) is 0 Å². The zero-order valence-corrected chi connectivity index (χ0v) is 4.91. The van der Waals surface area contributed by atoms with E-state index in [0.717, 1.165) is 5.66 Å². The zero-order valence-electron chi connectivity index (χ0n) is 4.02. The first-order valence-electron chi connectivity index (χ1n) is 2.41. The molecule has 6 heavy (non-hydrogen) atoms. The molecule has 0 radical (unpaired) electrons. The molecule has 0 aromatic rings. The fraction of sp³-hybridized carbons (Fsp3) is 0.800. The Bertz CT molecular complexity index is 66.3. The van der Waals surface area contributed by atoms with Crippen LogP contribution in [0.4, 0.5) is 0 Å². The van der Waals surface area contributed by atoms with Crippen molar-refractivity contribution in [3.8, 4) is 0 Å². The highest BCUT2D eigenvalue weighted by Gasteiger charge is 1.99. The average molecular weight is 100 g/mol. The van der Waals surface area contributed by atoms with Crippen LogP contribution < -0.4 is 0 Å². The third-order valence-corrected chi connectivity index (χ3v) is 2.31. The SMILES string of the molecule is CC1CCC=P1. The maximum absolute atomic E-state index is 2.35. The number of rotatable bonds is 0. The Morgan fingerprint density at radius 2 is 2.67 bits per heavy atom. The molecule has 0 N–H and O–H groups in total. The van der Waals surface area contributed by atoms with Crippen molar-refractivity contribution < 1.29 is 0 Å². The predicted molar refractivity (Wildman–Crippen MR) is 31.7 cm³/mol. The molecule has 1 aliphatic heterocycles. The molecular weight excluding hydrogens is 91.0 g/mol. The molecule has 0 nitrogen and oxygen atoms in total. The van der Waals surface area contributed by atoms with Crippen molar-refractivity contribution in [2.45, 2.75) is 25.4 Å². The minimum absolute atomic E-state index is 0.963. The van der Waals surface area contributed by atoms with Crippen molar-refractivity contribution in [3.05, 3.63) is 0 Å². The van der Waals surface area contributed by atoms with E-state index in [4.69, 9.17) is 0 Å². The molecular formula is C5H9P. The van der Waals surface area contributed by atoms with Crippen LogP contribution in [-0.2, 0) is 0 Å². The summed E-state index contributed by atoms with van der Waals surface area (Å²) in [6.45, 7) is 2.30. The highest BCUT2D eigenvalue weighted by Crippen LogP contribution is 2.19. The summed E-state index contributed by atoms with van der Waals surface area (Å²) in [5, 5.41) is 0. The van der Waals surface area contributed by atoms with E-state index in [1.165, 1.54) is 12.8 Å². The highest BCUT2D eigenvalue weighted by molar-refractivity contribution is 7.39. The topological polar surface area (TPSA) is 0 Å². The molecule has 0 aromatic carbocycles. The normalized spacial score (nSPS) is 34.5. The zero-order chi connectivity index (χ0) is 4.41. The van der Waals surface area contributed by atoms with Gasteiger partial charge in [0.25, 0.3) is 0 Å². The molecule has 0 saturated heterocycles. The summed E-state index contributed by atoms with van der Waals surface area (Å²) < 4.78 is 0. The van der Waals surface area contributed by atoms with E-state index >= 15 is 0 Å². The lowest BCUT2D eigenvalue weighted by Gasteiger charge is -1.88. The molecule has 1 rings (SSSR count). The Morgan fingerprint density at radius 3 is 2.83 bits per heavy atom. The van der Waals surface area contributed by atoms with E-state index in [0.29, 0.717) is 0 Å². The van der Waals surface area contributed by atoms with Crippen molar-refractivity contribution in [2.24, 2.45) is 0 Å². The maximum Gasteiger partial charge on any atom is -0.00196 e. The fourth-order valence-electron chi connectivity index (χ4n) is 0.645. The first kappa shape index (κ1) is 4.33. The van der Waals surface area contributed by atoms with E-state index in [2.05, 4.69) is 12.7 Å². The van der Waals surface area contributed by atoms with Crippen LogP contribution in [0, 0.1) is 0 Å². The average Bonchev–Trinajstić information content (AvgIpc) is 1.86. The molecule has 1 atom stereocenters. The van der Waals surface area contributed by atoms with E-state index < -0.39 is 0 Å². The smallest absolute Gasteiger partial charge is 0.00196 e. The third kappa shape index (κ3) is 0.815. The monoisotopic (exact) mass is 100 g/mol. The molecule has 1 unspecified atom stereocenters. The van der Waals surface area contributed by atoms with Crippen LogP contribution in [0.15, 0.2) is 0 Å². The van der Waals surface area contributed by atoms with Crippen molar-refractivity contribution in [1.29, 1.82) is 0 Å². The van der Waals surface area contributed by atoms with Crippen LogP contribution in [0.2, 0.25) is 0 Å². The summed E-state index contributed by atoms with van der Waals surface area (Å²) in [7, 11) is 1.56. The largest absolute Gasteiger partial charge is 0.106 e. The third-order valence-electron chi connectivity index (χ3n) is 1.07. The maximum atomic E-state index is 2.35. The van der Waals surface area contributed by atoms with Crippen LogP contribution in [-0.4, -0.2) is 11.5 Å². The lowest BCUT2D eigenvalue weighted by atomic mass is 10.3. The molecule has 1 aliphatic rings. The van der Waals surface area contributed by atoms with E-state index in [9.17, 15) is 0 Å². The van der Waals surface area contributed by atoms with Crippen LogP contribution in [0.5, 0.6) is 0 Å². The molecule has 0 aliphatic carbocycles. The molecule has 0 bridgehead atoms. The van der Waals surface area contributed by atoms with Crippen molar-refractivity contribution in [3.63, 3.8) is 0 Å². The molecule has 0 spiro atoms. The molecule has 1 heterocycles. The first-order chi connectivity index (χ1) is 2.89. The van der Waals surface area contributed by atoms with Crippen LogP contribution in [0.3, 0.4) is 0 Å². The molecule has 34 valence electrons. The van der Waals surface area contributed by atoms with Crippen LogP contribution >= 0.6 is 8.20 Å². The van der Waals surface area contributed by atoms with Crippen LogP contribution in [0.25, 0.3) is 0 Å². The number of hydrogen-bond donors (Lipinski definition) is 0. The van der Waals surface area contributed by atoms with Gasteiger partial charge in [0.05, 0.1) is 0 Å². The van der Waals surface area contributed by atoms with Gasteiger partial charge in [-0.1, -0.05) is 12.7 Å². The molecule has 1 heteroatoms. The Balaban J connectivity index is 2.38. The van der Waals surface area contributed by atoms with Gasteiger partial charge in [-0.05, 0) is 18.5 Å². The van der Waals surface area contributed by atoms with Gasteiger partial charge in [0.15, 0.2) is 0 Å². The van der Waals surface area contributed by atoms with Gasteiger partial charge in [-0.25, -0.2) is 0 Å². The summed E-state index contributed by atoms with van der Waals surface area (Å²) in [5.74, 6) is 2.35. The first-order valence-corrected chi connectivity index (χ1v) is 3.44. The van der Waals surface area contributed by atoms with E-state index in [1.54, 1.807) is 8.20 Å². The Kier molecular flexibility index (Phi) is 1.26. The van der Waals surface area contributed by atoms with Gasteiger partial charge in [-0.3, -0.25) is 0 Å². The van der Waals surface area contributed by atoms with Gasteiger partial charge in [0.1, 0.15) is 0 Å². The lowest BCUT2D eigenvalue weighted by molar-refractivity contribution is 0.879. The minimum Gasteiger partial charge on any atom is -0.106 e. The van der Waals surface area contributed by atoms with Crippen molar-refractivity contribution in [1.82, 2.24) is 0 Å². The van der Waals surface area contributed by atoms with E-state index in [-0.39, 0.29) is 0 Å². The summed E-state index contributed by atoms with van der Waals surface area (Å²) in [5.41, 5.74) is 0.963. The standard InChI is InChI=1S/C5H9P/c1-5-3-2-4-6-5/h4-5H,2-3H2,1H3. The van der Waals surface area contributed by atoms with Gasteiger partial charge in [0.2, 0.25) is 0 Å². The minimum atomic E-state index is 0.963. The second kappa shape index (κ2) is 1.75. The number of hydrogen-bond acceptors (Lipinski definition) is 0. The summed E-state index contributed by atoms with van der Waals surface area (Å²) in [6, 6.07) is 0. The van der Waals surface area contributed by atoms with Crippen LogP contribution in [0.1, 0.15) is 19.8 Å². The summed E-state index contributed by atoms with van der Waals surface area (Å²) in [4.78, 5) is 0. The van der Waals surface area contributed by atoms with Crippen molar-refractivity contribution >= 4 is 14.0 Å². The molecule has 0 fully saturated rings. The Hall–Kier alpha value is 0.170. The van der Waals surface area contributed by atoms with Crippen molar-refractivity contribution in [2.75, 3.05) is 0 Å². The Morgan fingerprint density at radius 1 is 1.83 bits per heavy atom. The Labute approximate surface area is 40.4 Å². The molecule has 0 aromatic heterocycles. The van der Waals surface area contributed by atoms with Gasteiger partial charge in [-0.2, -0.15) is 0 Å². The quantitative estimate of drug-likeness (QED) is 0.408. The second-order valence-electron chi connectivity index (χ2n) is 1.76. The summed E-state index contributed by atoms with van der Waals surface area (Å²) in [6.07, 6.45) is 2.77. The van der Waals surface area contributed by atoms with Gasteiger partial charge >= 0.3 is 0 Å². The fourth-order valence-corrected chi connectivity index (χ4v) is 1.60. The summed E-state index contributed by atoms with van der Waals surface area (Å²) >= 11 is 0. The predicted octanol–water partition coefficient (Wildman–Crippen LogP) is 1.92. The lowest BCUT2D eigenvalue weighted by Crippen LogP contribution is -1.80. The highest BCUT2D eigenvalue weighted by atomic mass is 31.1. The van der Waals surface area contributed by atoms with Gasteiger partial charge in [-0.15, -0.1) is 8.20 Å². The second-order valence-corrected chi connectivity index (χ2v) is 3.30. The molecule has 0 amide bonds.